The van der Waals surface area contributed by atoms with Crippen LogP contribution in [0.15, 0.2) is 23.8 Å². The predicted molar refractivity (Wildman–Crippen MR) is 72.5 cm³/mol. The lowest BCUT2D eigenvalue weighted by molar-refractivity contribution is 0.465. The first-order valence-corrected chi connectivity index (χ1v) is 7.06. The molecular formula is C16H20N2. The molecule has 4 rings (SSSR count). The Balaban J connectivity index is 1.68. The molecule has 1 fully saturated rings. The van der Waals surface area contributed by atoms with Crippen LogP contribution in [0.1, 0.15) is 49.6 Å². The second-order valence-electron chi connectivity index (χ2n) is 6.71. The van der Waals surface area contributed by atoms with Crippen molar-refractivity contribution in [1.82, 2.24) is 10.2 Å². The molecule has 0 radical (unpaired) electrons. The summed E-state index contributed by atoms with van der Waals surface area (Å²) in [5.41, 5.74) is 6.34. The number of hydrogen-bond acceptors (Lipinski definition) is 1. The monoisotopic (exact) mass is 240 g/mol. The van der Waals surface area contributed by atoms with Gasteiger partial charge in [-0.05, 0) is 49.5 Å². The first-order chi connectivity index (χ1) is 8.66. The van der Waals surface area contributed by atoms with Crippen molar-refractivity contribution in [2.24, 2.45) is 11.3 Å². The van der Waals surface area contributed by atoms with E-state index in [-0.39, 0.29) is 0 Å². The second kappa shape index (κ2) is 3.37. The third-order valence-corrected chi connectivity index (χ3v) is 5.17. The summed E-state index contributed by atoms with van der Waals surface area (Å²) in [6, 6.07) is 0. The average Bonchev–Trinajstić information content (AvgIpc) is 2.83. The SMILES string of the molecule is CC1=CC=CC(c2n[nH]c3c2C[C@@H]2C[C@]2(C)C3)C1. The summed E-state index contributed by atoms with van der Waals surface area (Å²) in [5.74, 6) is 1.42. The lowest BCUT2D eigenvalue weighted by Crippen LogP contribution is -2.14. The van der Waals surface area contributed by atoms with Crippen LogP contribution in [0, 0.1) is 11.3 Å². The number of H-pyrrole nitrogens is 1. The van der Waals surface area contributed by atoms with Crippen LogP contribution in [0.4, 0.5) is 0 Å². The zero-order chi connectivity index (χ0) is 12.3. The Morgan fingerprint density at radius 3 is 3.11 bits per heavy atom. The van der Waals surface area contributed by atoms with Crippen molar-refractivity contribution in [1.29, 1.82) is 0 Å². The van der Waals surface area contributed by atoms with Crippen LogP contribution >= 0.6 is 0 Å². The fourth-order valence-electron chi connectivity index (χ4n) is 3.81. The van der Waals surface area contributed by atoms with E-state index in [1.165, 1.54) is 36.2 Å². The van der Waals surface area contributed by atoms with Gasteiger partial charge in [0.25, 0.3) is 0 Å². The van der Waals surface area contributed by atoms with Crippen LogP contribution in [0.2, 0.25) is 0 Å². The van der Waals surface area contributed by atoms with E-state index in [2.05, 4.69) is 42.3 Å². The van der Waals surface area contributed by atoms with E-state index in [1.54, 1.807) is 5.56 Å². The van der Waals surface area contributed by atoms with E-state index in [4.69, 9.17) is 0 Å². The molecule has 1 aromatic rings. The lowest BCUT2D eigenvalue weighted by atomic mass is 9.83. The largest absolute Gasteiger partial charge is 0.282 e. The fraction of sp³-hybridized carbons (Fsp3) is 0.562. The normalized spacial score (nSPS) is 36.9. The first-order valence-electron chi connectivity index (χ1n) is 7.06. The molecule has 3 aliphatic carbocycles. The van der Waals surface area contributed by atoms with E-state index >= 15 is 0 Å². The van der Waals surface area contributed by atoms with Gasteiger partial charge in [0, 0.05) is 11.6 Å². The maximum atomic E-state index is 4.64. The molecule has 2 nitrogen and oxygen atoms in total. The van der Waals surface area contributed by atoms with Gasteiger partial charge in [-0.2, -0.15) is 5.10 Å². The quantitative estimate of drug-likeness (QED) is 0.799. The molecule has 3 atom stereocenters. The third-order valence-electron chi connectivity index (χ3n) is 5.17. The summed E-state index contributed by atoms with van der Waals surface area (Å²) in [7, 11) is 0. The Bertz CT molecular complexity index is 564. The molecule has 1 aromatic heterocycles. The number of fused-ring (bicyclic) bond motifs is 2. The van der Waals surface area contributed by atoms with Crippen LogP contribution in [0.5, 0.6) is 0 Å². The van der Waals surface area contributed by atoms with E-state index < -0.39 is 0 Å². The molecule has 0 spiro atoms. The minimum Gasteiger partial charge on any atom is -0.282 e. The Kier molecular flexibility index (Phi) is 1.98. The van der Waals surface area contributed by atoms with Gasteiger partial charge in [-0.3, -0.25) is 5.10 Å². The molecule has 1 heterocycles. The van der Waals surface area contributed by atoms with Gasteiger partial charge in [0.1, 0.15) is 0 Å². The highest BCUT2D eigenvalue weighted by Gasteiger charge is 2.53. The van der Waals surface area contributed by atoms with Crippen molar-refractivity contribution in [3.8, 4) is 0 Å². The molecule has 94 valence electrons. The van der Waals surface area contributed by atoms with Crippen LogP contribution in [0.25, 0.3) is 0 Å². The predicted octanol–water partition coefficient (Wildman–Crippen LogP) is 3.52. The fourth-order valence-corrected chi connectivity index (χ4v) is 3.81. The number of rotatable bonds is 1. The third kappa shape index (κ3) is 1.44. The van der Waals surface area contributed by atoms with Crippen molar-refractivity contribution in [3.05, 3.63) is 40.8 Å². The standard InChI is InChI=1S/C16H20N2/c1-10-4-3-5-11(6-10)15-13-7-12-8-16(12,2)9-14(13)17-18-15/h3-5,11-12H,6-9H2,1-2H3,(H,17,18)/t11?,12-,16-/m1/s1. The van der Waals surface area contributed by atoms with Crippen LogP contribution < -0.4 is 0 Å². The molecule has 0 aliphatic heterocycles. The topological polar surface area (TPSA) is 28.7 Å². The molecular weight excluding hydrogens is 220 g/mol. The molecule has 18 heavy (non-hydrogen) atoms. The molecule has 0 amide bonds. The van der Waals surface area contributed by atoms with E-state index in [1.807, 2.05) is 0 Å². The smallest absolute Gasteiger partial charge is 0.0728 e. The molecule has 1 unspecified atom stereocenters. The van der Waals surface area contributed by atoms with Gasteiger partial charge >= 0.3 is 0 Å². The minimum absolute atomic E-state index is 0.498. The number of hydrogen-bond donors (Lipinski definition) is 1. The number of aromatic amines is 1. The number of nitrogens with zero attached hydrogens (tertiary/aromatic N) is 1. The number of aromatic nitrogens is 2. The zero-order valence-electron chi connectivity index (χ0n) is 11.2. The van der Waals surface area contributed by atoms with E-state index in [9.17, 15) is 0 Å². The molecule has 1 saturated carbocycles. The Hall–Kier alpha value is -1.31. The zero-order valence-corrected chi connectivity index (χ0v) is 11.2. The first kappa shape index (κ1) is 10.6. The summed E-state index contributed by atoms with van der Waals surface area (Å²) >= 11 is 0. The minimum atomic E-state index is 0.498. The average molecular weight is 240 g/mol. The van der Waals surface area contributed by atoms with Gasteiger partial charge in [0.15, 0.2) is 0 Å². The summed E-state index contributed by atoms with van der Waals surface area (Å²) in [5, 5.41) is 7.96. The molecule has 0 bridgehead atoms. The highest BCUT2D eigenvalue weighted by atomic mass is 15.1. The van der Waals surface area contributed by atoms with E-state index in [0.29, 0.717) is 11.3 Å². The van der Waals surface area contributed by atoms with Gasteiger partial charge < -0.3 is 0 Å². The van der Waals surface area contributed by atoms with E-state index in [0.717, 1.165) is 12.3 Å². The molecule has 0 saturated heterocycles. The maximum Gasteiger partial charge on any atom is 0.0728 e. The van der Waals surface area contributed by atoms with Gasteiger partial charge in [-0.1, -0.05) is 30.7 Å². The second-order valence-corrected chi connectivity index (χ2v) is 6.71. The summed E-state index contributed by atoms with van der Waals surface area (Å²) < 4.78 is 0. The van der Waals surface area contributed by atoms with Gasteiger partial charge in [0.2, 0.25) is 0 Å². The highest BCUT2D eigenvalue weighted by molar-refractivity contribution is 5.39. The summed E-state index contributed by atoms with van der Waals surface area (Å²) in [6.45, 7) is 4.64. The highest BCUT2D eigenvalue weighted by Crippen LogP contribution is 2.59. The van der Waals surface area contributed by atoms with Crippen molar-refractivity contribution < 1.29 is 0 Å². The van der Waals surface area contributed by atoms with Crippen LogP contribution in [-0.2, 0) is 12.8 Å². The van der Waals surface area contributed by atoms with Gasteiger partial charge in [-0.15, -0.1) is 0 Å². The van der Waals surface area contributed by atoms with Crippen molar-refractivity contribution in [2.45, 2.75) is 45.4 Å². The van der Waals surface area contributed by atoms with Crippen molar-refractivity contribution in [2.75, 3.05) is 0 Å². The lowest BCUT2D eigenvalue weighted by Gasteiger charge is -2.20. The maximum absolute atomic E-state index is 4.64. The Morgan fingerprint density at radius 1 is 1.39 bits per heavy atom. The van der Waals surface area contributed by atoms with Crippen LogP contribution in [-0.4, -0.2) is 10.2 Å². The molecule has 2 heteroatoms. The van der Waals surface area contributed by atoms with Gasteiger partial charge in [-0.25, -0.2) is 0 Å². The van der Waals surface area contributed by atoms with Gasteiger partial charge in [0.05, 0.1) is 5.69 Å². The molecule has 3 aliphatic rings. The molecule has 1 N–H and O–H groups in total. The van der Waals surface area contributed by atoms with Crippen molar-refractivity contribution >= 4 is 0 Å². The summed E-state index contributed by atoms with van der Waals surface area (Å²) in [4.78, 5) is 0. The molecule has 0 aromatic carbocycles. The summed E-state index contributed by atoms with van der Waals surface area (Å²) in [6.07, 6.45) is 11.7. The number of nitrogens with one attached hydrogen (secondary N) is 1. The number of allylic oxidation sites excluding steroid dienone is 4. The Labute approximate surface area is 108 Å². The van der Waals surface area contributed by atoms with Crippen molar-refractivity contribution in [3.63, 3.8) is 0 Å². The Morgan fingerprint density at radius 2 is 2.28 bits per heavy atom. The van der Waals surface area contributed by atoms with Crippen LogP contribution in [0.3, 0.4) is 0 Å².